The first-order chi connectivity index (χ1) is 13.5. The number of aromatic nitrogens is 3. The van der Waals surface area contributed by atoms with Crippen LogP contribution in [0.4, 0.5) is 0 Å². The molecule has 146 valence electrons. The Morgan fingerprint density at radius 1 is 1.21 bits per heavy atom. The summed E-state index contributed by atoms with van der Waals surface area (Å²) < 4.78 is 1.56. The maximum atomic E-state index is 12.3. The molecule has 0 aliphatic heterocycles. The van der Waals surface area contributed by atoms with Crippen LogP contribution >= 0.6 is 23.4 Å². The fourth-order valence-corrected chi connectivity index (χ4v) is 3.90. The van der Waals surface area contributed by atoms with Crippen molar-refractivity contribution in [3.63, 3.8) is 0 Å². The summed E-state index contributed by atoms with van der Waals surface area (Å²) >= 11 is 7.40. The Morgan fingerprint density at radius 2 is 1.93 bits per heavy atom. The molecular weight excluding hydrogens is 396 g/mol. The van der Waals surface area contributed by atoms with E-state index in [-0.39, 0.29) is 23.4 Å². The molecule has 1 atom stereocenters. The molecule has 0 radical (unpaired) electrons. The van der Waals surface area contributed by atoms with Gasteiger partial charge in [0.2, 0.25) is 5.91 Å². The van der Waals surface area contributed by atoms with Crippen LogP contribution in [0.3, 0.4) is 0 Å². The van der Waals surface area contributed by atoms with Crippen LogP contribution in [0.5, 0.6) is 0 Å². The zero-order valence-corrected chi connectivity index (χ0v) is 17.0. The molecule has 1 heterocycles. The van der Waals surface area contributed by atoms with Crippen LogP contribution < -0.4 is 11.0 Å². The van der Waals surface area contributed by atoms with Crippen molar-refractivity contribution in [1.29, 1.82) is 0 Å². The minimum atomic E-state index is -0.275. The third-order valence-corrected chi connectivity index (χ3v) is 5.59. The third-order valence-electron chi connectivity index (χ3n) is 4.27. The molecule has 8 heteroatoms. The van der Waals surface area contributed by atoms with E-state index < -0.39 is 0 Å². The van der Waals surface area contributed by atoms with Crippen molar-refractivity contribution in [3.05, 3.63) is 81.2 Å². The standard InChI is InChI=1S/C20H21ClN4O2S/c1-14(16-9-5-6-10-17(16)21)22-18(26)13-28-20-24-23-19(27)25(20)12-11-15-7-3-2-4-8-15/h2-10,14H,11-13H2,1H3,(H,22,26)(H,23,27)/t14-/m0/s1. The summed E-state index contributed by atoms with van der Waals surface area (Å²) in [6.07, 6.45) is 0.712. The van der Waals surface area contributed by atoms with Gasteiger partial charge in [0.1, 0.15) is 0 Å². The zero-order chi connectivity index (χ0) is 19.9. The first kappa shape index (κ1) is 20.2. The monoisotopic (exact) mass is 416 g/mol. The average Bonchev–Trinajstić information content (AvgIpc) is 3.05. The van der Waals surface area contributed by atoms with Crippen molar-refractivity contribution in [2.75, 3.05) is 5.75 Å². The molecule has 0 spiro atoms. The van der Waals surface area contributed by atoms with E-state index in [9.17, 15) is 9.59 Å². The number of thioether (sulfide) groups is 1. The number of hydrogen-bond donors (Lipinski definition) is 2. The molecule has 2 N–H and O–H groups in total. The van der Waals surface area contributed by atoms with E-state index >= 15 is 0 Å². The van der Waals surface area contributed by atoms with Gasteiger partial charge in [0, 0.05) is 11.6 Å². The number of H-pyrrole nitrogens is 1. The maximum absolute atomic E-state index is 12.3. The highest BCUT2D eigenvalue weighted by Crippen LogP contribution is 2.22. The Balaban J connectivity index is 1.56. The van der Waals surface area contributed by atoms with Crippen molar-refractivity contribution in [2.45, 2.75) is 31.1 Å². The highest BCUT2D eigenvalue weighted by atomic mass is 35.5. The molecule has 2 aromatic carbocycles. The predicted octanol–water partition coefficient (Wildman–Crippen LogP) is 3.44. The molecule has 0 bridgehead atoms. The van der Waals surface area contributed by atoms with Gasteiger partial charge in [0.25, 0.3) is 0 Å². The Labute approximate surface area is 172 Å². The normalized spacial score (nSPS) is 11.9. The molecule has 6 nitrogen and oxygen atoms in total. The zero-order valence-electron chi connectivity index (χ0n) is 15.4. The topological polar surface area (TPSA) is 79.8 Å². The van der Waals surface area contributed by atoms with Crippen molar-refractivity contribution >= 4 is 29.3 Å². The van der Waals surface area contributed by atoms with Crippen LogP contribution in [0.1, 0.15) is 24.1 Å². The lowest BCUT2D eigenvalue weighted by atomic mass is 10.1. The fourth-order valence-electron chi connectivity index (χ4n) is 2.81. The summed E-state index contributed by atoms with van der Waals surface area (Å²) in [5, 5.41) is 10.5. The van der Waals surface area contributed by atoms with Gasteiger partial charge in [-0.25, -0.2) is 9.89 Å². The summed E-state index contributed by atoms with van der Waals surface area (Å²) in [5.74, 6) is 0.00668. The molecular formula is C20H21ClN4O2S. The van der Waals surface area contributed by atoms with Gasteiger partial charge >= 0.3 is 5.69 Å². The highest BCUT2D eigenvalue weighted by Gasteiger charge is 2.15. The Hall–Kier alpha value is -2.51. The lowest BCUT2D eigenvalue weighted by Crippen LogP contribution is -2.28. The van der Waals surface area contributed by atoms with Crippen LogP contribution in [-0.4, -0.2) is 26.4 Å². The molecule has 0 saturated carbocycles. The quantitative estimate of drug-likeness (QED) is 0.551. The number of rotatable bonds is 8. The molecule has 0 aliphatic rings. The fraction of sp³-hybridized carbons (Fsp3) is 0.250. The second-order valence-electron chi connectivity index (χ2n) is 6.30. The molecule has 1 amide bonds. The number of aromatic amines is 1. The Bertz CT molecular complexity index is 987. The van der Waals surface area contributed by atoms with Gasteiger partial charge < -0.3 is 5.32 Å². The van der Waals surface area contributed by atoms with E-state index in [4.69, 9.17) is 11.6 Å². The van der Waals surface area contributed by atoms with Crippen molar-refractivity contribution < 1.29 is 4.79 Å². The van der Waals surface area contributed by atoms with E-state index in [0.29, 0.717) is 23.1 Å². The molecule has 28 heavy (non-hydrogen) atoms. The summed E-state index contributed by atoms with van der Waals surface area (Å²) in [4.78, 5) is 24.3. The predicted molar refractivity (Wildman–Crippen MR) is 112 cm³/mol. The second-order valence-corrected chi connectivity index (χ2v) is 7.65. The number of aryl methyl sites for hydroxylation is 1. The van der Waals surface area contributed by atoms with E-state index in [1.165, 1.54) is 11.8 Å². The van der Waals surface area contributed by atoms with Crippen LogP contribution in [0, 0.1) is 0 Å². The van der Waals surface area contributed by atoms with E-state index in [2.05, 4.69) is 15.5 Å². The number of carbonyl (C=O) groups excluding carboxylic acids is 1. The number of amides is 1. The molecule has 3 rings (SSSR count). The summed E-state index contributed by atoms with van der Waals surface area (Å²) in [7, 11) is 0. The third kappa shape index (κ3) is 5.27. The summed E-state index contributed by atoms with van der Waals surface area (Å²) in [6.45, 7) is 2.38. The minimum absolute atomic E-state index is 0.150. The van der Waals surface area contributed by atoms with Crippen LogP contribution in [-0.2, 0) is 17.8 Å². The first-order valence-electron chi connectivity index (χ1n) is 8.90. The Morgan fingerprint density at radius 3 is 2.68 bits per heavy atom. The van der Waals surface area contributed by atoms with Gasteiger partial charge in [-0.2, -0.15) is 0 Å². The molecule has 0 aliphatic carbocycles. The number of halogens is 1. The molecule has 1 aromatic heterocycles. The smallest absolute Gasteiger partial charge is 0.343 e. The summed E-state index contributed by atoms with van der Waals surface area (Å²) in [5.41, 5.74) is 1.73. The van der Waals surface area contributed by atoms with Gasteiger partial charge in [-0.3, -0.25) is 9.36 Å². The number of benzene rings is 2. The second kappa shape index (κ2) is 9.61. The minimum Gasteiger partial charge on any atom is -0.349 e. The number of nitrogens with one attached hydrogen (secondary N) is 2. The average molecular weight is 417 g/mol. The van der Waals surface area contributed by atoms with Crippen molar-refractivity contribution in [2.24, 2.45) is 0 Å². The van der Waals surface area contributed by atoms with Crippen LogP contribution in [0.15, 0.2) is 64.5 Å². The van der Waals surface area contributed by atoms with Crippen LogP contribution in [0.25, 0.3) is 0 Å². The SMILES string of the molecule is C[C@H](NC(=O)CSc1n[nH]c(=O)n1CCc1ccccc1)c1ccccc1Cl. The van der Waals surface area contributed by atoms with Gasteiger partial charge in [-0.15, -0.1) is 5.10 Å². The lowest BCUT2D eigenvalue weighted by molar-refractivity contribution is -0.119. The largest absolute Gasteiger partial charge is 0.349 e. The van der Waals surface area contributed by atoms with Gasteiger partial charge in [-0.05, 0) is 30.5 Å². The van der Waals surface area contributed by atoms with Crippen molar-refractivity contribution in [1.82, 2.24) is 20.1 Å². The number of hydrogen-bond acceptors (Lipinski definition) is 4. The molecule has 0 fully saturated rings. The maximum Gasteiger partial charge on any atom is 0.343 e. The number of carbonyl (C=O) groups is 1. The molecule has 0 unspecified atom stereocenters. The molecule has 3 aromatic rings. The van der Waals surface area contributed by atoms with Gasteiger partial charge in [0.05, 0.1) is 11.8 Å². The van der Waals surface area contributed by atoms with Gasteiger partial charge in [0.15, 0.2) is 5.16 Å². The van der Waals surface area contributed by atoms with Crippen molar-refractivity contribution in [3.8, 4) is 0 Å². The lowest BCUT2D eigenvalue weighted by Gasteiger charge is -2.15. The van der Waals surface area contributed by atoms with E-state index in [0.717, 1.165) is 11.1 Å². The Kier molecular flexibility index (Phi) is 6.95. The van der Waals surface area contributed by atoms with Gasteiger partial charge in [-0.1, -0.05) is 71.9 Å². The first-order valence-corrected chi connectivity index (χ1v) is 10.3. The van der Waals surface area contributed by atoms with E-state index in [1.54, 1.807) is 10.6 Å². The molecule has 0 saturated heterocycles. The van der Waals surface area contributed by atoms with E-state index in [1.807, 2.05) is 55.5 Å². The van der Waals surface area contributed by atoms with Crippen LogP contribution in [0.2, 0.25) is 5.02 Å². The number of nitrogens with zero attached hydrogens (tertiary/aromatic N) is 2. The summed E-state index contributed by atoms with van der Waals surface area (Å²) in [6, 6.07) is 17.1. The highest BCUT2D eigenvalue weighted by molar-refractivity contribution is 7.99.